The van der Waals surface area contributed by atoms with Crippen LogP contribution in [0.5, 0.6) is 0 Å². The van der Waals surface area contributed by atoms with Crippen molar-refractivity contribution in [3.63, 3.8) is 0 Å². The normalized spacial score (nSPS) is 10.3. The largest absolute Gasteiger partial charge is 0.340 e. The highest BCUT2D eigenvalue weighted by Crippen LogP contribution is 2.24. The first kappa shape index (κ1) is 13.1. The molecule has 1 N–H and O–H groups in total. The number of nitrogens with one attached hydrogen (secondary N) is 1. The average Bonchev–Trinajstić information content (AvgIpc) is 2.48. The Morgan fingerprint density at radius 1 is 1.14 bits per heavy atom. The van der Waals surface area contributed by atoms with Gasteiger partial charge in [0.15, 0.2) is 0 Å². The van der Waals surface area contributed by atoms with Crippen molar-refractivity contribution in [3.05, 3.63) is 59.9 Å². The van der Waals surface area contributed by atoms with Gasteiger partial charge in [-0.3, -0.25) is 0 Å². The first-order chi connectivity index (χ1) is 10.3. The SMILES string of the molecule is Cc1cccc(Nc2ncnc3ccc(CC#N)cc23)c1. The number of hydrogen-bond acceptors (Lipinski definition) is 4. The summed E-state index contributed by atoms with van der Waals surface area (Å²) >= 11 is 0. The molecule has 0 saturated heterocycles. The van der Waals surface area contributed by atoms with E-state index in [0.717, 1.165) is 28.0 Å². The maximum absolute atomic E-state index is 8.83. The Hall–Kier alpha value is -2.93. The van der Waals surface area contributed by atoms with E-state index in [9.17, 15) is 0 Å². The van der Waals surface area contributed by atoms with Crippen LogP contribution in [0.1, 0.15) is 11.1 Å². The van der Waals surface area contributed by atoms with E-state index in [0.29, 0.717) is 6.42 Å². The van der Waals surface area contributed by atoms with Gasteiger partial charge in [0.05, 0.1) is 18.0 Å². The highest BCUT2D eigenvalue weighted by atomic mass is 15.0. The fourth-order valence-corrected chi connectivity index (χ4v) is 2.26. The monoisotopic (exact) mass is 274 g/mol. The van der Waals surface area contributed by atoms with Gasteiger partial charge in [-0.05, 0) is 42.3 Å². The minimum Gasteiger partial charge on any atom is -0.340 e. The van der Waals surface area contributed by atoms with Crippen LogP contribution in [0.2, 0.25) is 0 Å². The number of anilines is 2. The highest BCUT2D eigenvalue weighted by Gasteiger charge is 2.05. The van der Waals surface area contributed by atoms with Gasteiger partial charge in [0.1, 0.15) is 12.1 Å². The van der Waals surface area contributed by atoms with Gasteiger partial charge < -0.3 is 5.32 Å². The van der Waals surface area contributed by atoms with Crippen molar-refractivity contribution in [1.29, 1.82) is 5.26 Å². The van der Waals surface area contributed by atoms with Gasteiger partial charge >= 0.3 is 0 Å². The Balaban J connectivity index is 2.05. The van der Waals surface area contributed by atoms with Crippen LogP contribution in [0.25, 0.3) is 10.9 Å². The molecule has 0 spiro atoms. The molecular formula is C17H14N4. The molecule has 0 amide bonds. The van der Waals surface area contributed by atoms with Crippen LogP contribution in [0.3, 0.4) is 0 Å². The van der Waals surface area contributed by atoms with E-state index in [2.05, 4.69) is 27.4 Å². The molecule has 3 aromatic rings. The zero-order valence-electron chi connectivity index (χ0n) is 11.7. The van der Waals surface area contributed by atoms with Crippen molar-refractivity contribution in [2.45, 2.75) is 13.3 Å². The minimum absolute atomic E-state index is 0.384. The molecule has 0 radical (unpaired) electrons. The summed E-state index contributed by atoms with van der Waals surface area (Å²) in [5, 5.41) is 13.1. The summed E-state index contributed by atoms with van der Waals surface area (Å²) in [5.74, 6) is 0.755. The molecule has 4 nitrogen and oxygen atoms in total. The molecule has 0 saturated carbocycles. The summed E-state index contributed by atoms with van der Waals surface area (Å²) in [7, 11) is 0. The summed E-state index contributed by atoms with van der Waals surface area (Å²) in [6.45, 7) is 2.05. The first-order valence-electron chi connectivity index (χ1n) is 6.70. The molecule has 0 aliphatic rings. The molecular weight excluding hydrogens is 260 g/mol. The van der Waals surface area contributed by atoms with Crippen LogP contribution in [-0.2, 0) is 6.42 Å². The number of hydrogen-bond donors (Lipinski definition) is 1. The second kappa shape index (κ2) is 5.59. The van der Waals surface area contributed by atoms with E-state index in [1.54, 1.807) is 6.33 Å². The molecule has 3 rings (SSSR count). The lowest BCUT2D eigenvalue weighted by Gasteiger charge is -2.09. The Morgan fingerprint density at radius 2 is 2.05 bits per heavy atom. The molecule has 0 fully saturated rings. The summed E-state index contributed by atoms with van der Waals surface area (Å²) in [6.07, 6.45) is 1.93. The lowest BCUT2D eigenvalue weighted by molar-refractivity contribution is 1.21. The van der Waals surface area contributed by atoms with Gasteiger partial charge in [-0.1, -0.05) is 18.2 Å². The van der Waals surface area contributed by atoms with Gasteiger partial charge in [0.2, 0.25) is 0 Å². The summed E-state index contributed by atoms with van der Waals surface area (Å²) in [6, 6.07) is 16.1. The van der Waals surface area contributed by atoms with Crippen LogP contribution in [0.15, 0.2) is 48.8 Å². The minimum atomic E-state index is 0.384. The molecule has 0 bridgehead atoms. The standard InChI is InChI=1S/C17H14N4/c1-12-3-2-4-14(9-12)21-17-15-10-13(7-8-18)5-6-16(15)19-11-20-17/h2-6,9-11H,7H2,1H3,(H,19,20,21). The molecule has 0 atom stereocenters. The van der Waals surface area contributed by atoms with Crippen LogP contribution < -0.4 is 5.32 Å². The molecule has 1 aromatic heterocycles. The van der Waals surface area contributed by atoms with Gasteiger partial charge in [-0.25, -0.2) is 9.97 Å². The van der Waals surface area contributed by atoms with Gasteiger partial charge in [0, 0.05) is 11.1 Å². The number of nitriles is 1. The molecule has 0 aliphatic heterocycles. The molecule has 0 aliphatic carbocycles. The quantitative estimate of drug-likeness (QED) is 0.790. The molecule has 21 heavy (non-hydrogen) atoms. The maximum atomic E-state index is 8.83. The van der Waals surface area contributed by atoms with Gasteiger partial charge in [0.25, 0.3) is 0 Å². The third-order valence-electron chi connectivity index (χ3n) is 3.26. The topological polar surface area (TPSA) is 61.6 Å². The van der Waals surface area contributed by atoms with Crippen molar-refractivity contribution in [2.75, 3.05) is 5.32 Å². The molecule has 4 heteroatoms. The first-order valence-corrected chi connectivity index (χ1v) is 6.70. The lowest BCUT2D eigenvalue weighted by atomic mass is 10.1. The van der Waals surface area contributed by atoms with E-state index >= 15 is 0 Å². The van der Waals surface area contributed by atoms with Crippen molar-refractivity contribution in [3.8, 4) is 6.07 Å². The number of nitrogens with zero attached hydrogens (tertiary/aromatic N) is 3. The Morgan fingerprint density at radius 3 is 2.86 bits per heavy atom. The van der Waals surface area contributed by atoms with E-state index in [-0.39, 0.29) is 0 Å². The average molecular weight is 274 g/mol. The van der Waals surface area contributed by atoms with Gasteiger partial charge in [-0.15, -0.1) is 0 Å². The Labute approximate surface area is 123 Å². The maximum Gasteiger partial charge on any atom is 0.141 e. The fraction of sp³-hybridized carbons (Fsp3) is 0.118. The molecule has 2 aromatic carbocycles. The number of aryl methyl sites for hydroxylation is 1. The number of rotatable bonds is 3. The van der Waals surface area contributed by atoms with Gasteiger partial charge in [-0.2, -0.15) is 5.26 Å². The number of benzene rings is 2. The van der Waals surface area contributed by atoms with E-state index in [1.165, 1.54) is 5.56 Å². The zero-order chi connectivity index (χ0) is 14.7. The third-order valence-corrected chi connectivity index (χ3v) is 3.26. The van der Waals surface area contributed by atoms with Crippen molar-refractivity contribution in [1.82, 2.24) is 9.97 Å². The predicted molar refractivity (Wildman–Crippen MR) is 83.3 cm³/mol. The zero-order valence-corrected chi connectivity index (χ0v) is 11.7. The van der Waals surface area contributed by atoms with E-state index < -0.39 is 0 Å². The highest BCUT2D eigenvalue weighted by molar-refractivity contribution is 5.91. The Bertz CT molecular complexity index is 834. The number of fused-ring (bicyclic) bond motifs is 1. The summed E-state index contributed by atoms with van der Waals surface area (Å²) < 4.78 is 0. The van der Waals surface area contributed by atoms with Crippen LogP contribution >= 0.6 is 0 Å². The van der Waals surface area contributed by atoms with E-state index in [4.69, 9.17) is 5.26 Å². The summed E-state index contributed by atoms with van der Waals surface area (Å²) in [5.41, 5.74) is 4.00. The summed E-state index contributed by atoms with van der Waals surface area (Å²) in [4.78, 5) is 8.60. The van der Waals surface area contributed by atoms with Crippen molar-refractivity contribution < 1.29 is 0 Å². The second-order valence-electron chi connectivity index (χ2n) is 4.90. The van der Waals surface area contributed by atoms with Crippen LogP contribution in [0, 0.1) is 18.3 Å². The lowest BCUT2D eigenvalue weighted by Crippen LogP contribution is -1.97. The molecule has 1 heterocycles. The Kier molecular flexibility index (Phi) is 3.48. The van der Waals surface area contributed by atoms with Crippen LogP contribution in [-0.4, -0.2) is 9.97 Å². The third kappa shape index (κ3) is 2.82. The fourth-order valence-electron chi connectivity index (χ4n) is 2.26. The predicted octanol–water partition coefficient (Wildman–Crippen LogP) is 3.75. The van der Waals surface area contributed by atoms with Crippen LogP contribution in [0.4, 0.5) is 11.5 Å². The number of aromatic nitrogens is 2. The second-order valence-corrected chi connectivity index (χ2v) is 4.90. The van der Waals surface area contributed by atoms with Crippen molar-refractivity contribution in [2.24, 2.45) is 0 Å². The van der Waals surface area contributed by atoms with E-state index in [1.807, 2.05) is 43.3 Å². The molecule has 102 valence electrons. The van der Waals surface area contributed by atoms with Crippen molar-refractivity contribution >= 4 is 22.4 Å². The molecule has 0 unspecified atom stereocenters. The smallest absolute Gasteiger partial charge is 0.141 e.